The van der Waals surface area contributed by atoms with Crippen molar-refractivity contribution < 1.29 is 24.5 Å². The first-order valence-corrected chi connectivity index (χ1v) is 12.0. The van der Waals surface area contributed by atoms with Gasteiger partial charge in [-0.05, 0) is 60.1 Å². The lowest BCUT2D eigenvalue weighted by molar-refractivity contribution is 0.0975. The summed E-state index contributed by atoms with van der Waals surface area (Å²) in [5.41, 5.74) is 12.7. The van der Waals surface area contributed by atoms with E-state index in [1.807, 2.05) is 0 Å². The molecule has 4 rings (SSSR count). The summed E-state index contributed by atoms with van der Waals surface area (Å²) in [5.74, 6) is -0.821. The molecule has 3 aromatic rings. The maximum absolute atomic E-state index is 13.3. The first-order valence-electron chi connectivity index (χ1n) is 12.0. The molecule has 7 heteroatoms. The van der Waals surface area contributed by atoms with Crippen molar-refractivity contribution in [2.45, 2.75) is 40.5 Å². The highest BCUT2D eigenvalue weighted by Crippen LogP contribution is 2.45. The summed E-state index contributed by atoms with van der Waals surface area (Å²) in [6, 6.07) is 11.2. The van der Waals surface area contributed by atoms with Gasteiger partial charge in [-0.25, -0.2) is 0 Å². The van der Waals surface area contributed by atoms with Gasteiger partial charge in [0.2, 0.25) is 11.6 Å². The van der Waals surface area contributed by atoms with Crippen LogP contribution in [0.1, 0.15) is 72.4 Å². The number of rotatable bonds is 6. The Balaban J connectivity index is 1.61. The first-order chi connectivity index (χ1) is 16.9. The highest BCUT2D eigenvalue weighted by Gasteiger charge is 2.38. The summed E-state index contributed by atoms with van der Waals surface area (Å²) in [4.78, 5) is 26.5. The van der Waals surface area contributed by atoms with Gasteiger partial charge in [0.25, 0.3) is 0 Å². The smallest absolute Gasteiger partial charge is 0.200 e. The molecule has 1 unspecified atom stereocenters. The average Bonchev–Trinajstić information content (AvgIpc) is 2.79. The van der Waals surface area contributed by atoms with Crippen LogP contribution in [-0.4, -0.2) is 28.4 Å². The van der Waals surface area contributed by atoms with Gasteiger partial charge in [-0.3, -0.25) is 9.59 Å². The fourth-order valence-electron chi connectivity index (χ4n) is 4.97. The summed E-state index contributed by atoms with van der Waals surface area (Å²) < 4.78 is 5.90. The number of aromatic hydroxyl groups is 2. The molecule has 1 aliphatic rings. The molecule has 0 fully saturated rings. The quantitative estimate of drug-likeness (QED) is 0.206. The van der Waals surface area contributed by atoms with Crippen LogP contribution in [0.2, 0.25) is 0 Å². The molecule has 0 saturated carbocycles. The van der Waals surface area contributed by atoms with Gasteiger partial charge < -0.3 is 26.4 Å². The average molecular weight is 489 g/mol. The standard InChI is InChI=1S/C29H32N2O5/c1-15(14-29(2,3)4)11-12-36-17-7-5-16(6-8-17)18-13-20(31)23-25(26(18)33)28(35)22-19(30)9-10-21(32)24(22)27(23)34/h5-10,13,15,32-33H,11-12,14,30-31H2,1-4H3. The number of phenolic OH excluding ortho intramolecular Hbond substituents is 2. The Kier molecular flexibility index (Phi) is 6.43. The molecule has 36 heavy (non-hydrogen) atoms. The van der Waals surface area contributed by atoms with Crippen LogP contribution in [0.25, 0.3) is 11.1 Å². The van der Waals surface area contributed by atoms with Gasteiger partial charge in [-0.2, -0.15) is 0 Å². The number of ether oxygens (including phenoxy) is 1. The number of phenols is 2. The van der Waals surface area contributed by atoms with Crippen molar-refractivity contribution in [2.75, 3.05) is 18.1 Å². The van der Waals surface area contributed by atoms with Crippen LogP contribution in [-0.2, 0) is 0 Å². The fourth-order valence-corrected chi connectivity index (χ4v) is 4.97. The van der Waals surface area contributed by atoms with Gasteiger partial charge in [-0.15, -0.1) is 0 Å². The van der Waals surface area contributed by atoms with E-state index >= 15 is 0 Å². The predicted molar refractivity (Wildman–Crippen MR) is 141 cm³/mol. The number of nitrogens with two attached hydrogens (primary N) is 2. The second-order valence-corrected chi connectivity index (χ2v) is 10.7. The number of hydrogen-bond donors (Lipinski definition) is 4. The van der Waals surface area contributed by atoms with Crippen molar-refractivity contribution in [3.8, 4) is 28.4 Å². The van der Waals surface area contributed by atoms with E-state index in [9.17, 15) is 19.8 Å². The minimum Gasteiger partial charge on any atom is -0.507 e. The highest BCUT2D eigenvalue weighted by molar-refractivity contribution is 6.33. The molecule has 6 N–H and O–H groups in total. The third kappa shape index (κ3) is 4.61. The number of benzene rings is 3. The number of hydrogen-bond acceptors (Lipinski definition) is 7. The number of fused-ring (bicyclic) bond motifs is 2. The van der Waals surface area contributed by atoms with E-state index in [1.54, 1.807) is 24.3 Å². The van der Waals surface area contributed by atoms with Crippen molar-refractivity contribution in [3.63, 3.8) is 0 Å². The van der Waals surface area contributed by atoms with Crippen LogP contribution in [0.4, 0.5) is 11.4 Å². The topological polar surface area (TPSA) is 136 Å². The van der Waals surface area contributed by atoms with E-state index in [1.165, 1.54) is 18.2 Å². The third-order valence-corrected chi connectivity index (χ3v) is 6.46. The summed E-state index contributed by atoms with van der Waals surface area (Å²) >= 11 is 0. The van der Waals surface area contributed by atoms with Crippen LogP contribution in [0.3, 0.4) is 0 Å². The Morgan fingerprint density at radius 1 is 0.861 bits per heavy atom. The van der Waals surface area contributed by atoms with E-state index in [2.05, 4.69) is 27.7 Å². The SMILES string of the molecule is CC(CCOc1ccc(-c2cc(N)c3c(c2O)C(=O)c2c(N)ccc(O)c2C3=O)cc1)CC(C)(C)C. The Morgan fingerprint density at radius 3 is 2.11 bits per heavy atom. The van der Waals surface area contributed by atoms with Crippen molar-refractivity contribution in [1.82, 2.24) is 0 Å². The van der Waals surface area contributed by atoms with Gasteiger partial charge in [-0.1, -0.05) is 39.8 Å². The lowest BCUT2D eigenvalue weighted by Crippen LogP contribution is -2.24. The molecular weight excluding hydrogens is 456 g/mol. The van der Waals surface area contributed by atoms with Crippen molar-refractivity contribution in [1.29, 1.82) is 0 Å². The molecule has 7 nitrogen and oxygen atoms in total. The summed E-state index contributed by atoms with van der Waals surface area (Å²) in [6.45, 7) is 9.51. The third-order valence-electron chi connectivity index (χ3n) is 6.46. The van der Waals surface area contributed by atoms with Crippen LogP contribution < -0.4 is 16.2 Å². The van der Waals surface area contributed by atoms with Gasteiger partial charge in [0, 0.05) is 16.9 Å². The molecule has 188 valence electrons. The van der Waals surface area contributed by atoms with Crippen molar-refractivity contribution in [3.05, 3.63) is 64.7 Å². The number of anilines is 2. The van der Waals surface area contributed by atoms with E-state index in [4.69, 9.17) is 16.2 Å². The van der Waals surface area contributed by atoms with Gasteiger partial charge >= 0.3 is 0 Å². The van der Waals surface area contributed by atoms with E-state index in [0.29, 0.717) is 29.4 Å². The molecule has 0 saturated heterocycles. The Labute approximate surface area is 210 Å². The molecule has 1 aliphatic carbocycles. The van der Waals surface area contributed by atoms with Gasteiger partial charge in [0.05, 0.1) is 28.9 Å². The van der Waals surface area contributed by atoms with E-state index < -0.39 is 11.6 Å². The zero-order valence-electron chi connectivity index (χ0n) is 21.0. The molecule has 0 aliphatic heterocycles. The lowest BCUT2D eigenvalue weighted by atomic mass is 9.80. The maximum Gasteiger partial charge on any atom is 0.200 e. The molecule has 3 aromatic carbocycles. The van der Waals surface area contributed by atoms with Crippen LogP contribution >= 0.6 is 0 Å². The number of ketones is 2. The fraction of sp³-hybridized carbons (Fsp3) is 0.310. The van der Waals surface area contributed by atoms with Crippen LogP contribution in [0.5, 0.6) is 17.2 Å². The molecule has 1 atom stereocenters. The molecular formula is C29H32N2O5. The first kappa shape index (κ1) is 25.1. The largest absolute Gasteiger partial charge is 0.507 e. The minimum absolute atomic E-state index is 0.0248. The minimum atomic E-state index is -0.664. The normalized spacial score (nSPS) is 13.8. The Hall–Kier alpha value is -4.00. The Morgan fingerprint density at radius 2 is 1.47 bits per heavy atom. The van der Waals surface area contributed by atoms with Gasteiger partial charge in [0.1, 0.15) is 17.2 Å². The summed E-state index contributed by atoms with van der Waals surface area (Å²) in [6.07, 6.45) is 2.06. The molecule has 0 heterocycles. The number of carbonyl (C=O) groups is 2. The molecule has 0 amide bonds. The summed E-state index contributed by atoms with van der Waals surface area (Å²) in [5, 5.41) is 21.3. The number of carbonyl (C=O) groups excluding carboxylic acids is 2. The second kappa shape index (κ2) is 9.22. The highest BCUT2D eigenvalue weighted by atomic mass is 16.5. The second-order valence-electron chi connectivity index (χ2n) is 10.7. The molecule has 0 aromatic heterocycles. The maximum atomic E-state index is 13.3. The van der Waals surface area contributed by atoms with Gasteiger partial charge in [0.15, 0.2) is 0 Å². The van der Waals surface area contributed by atoms with Crippen molar-refractivity contribution in [2.24, 2.45) is 11.3 Å². The van der Waals surface area contributed by atoms with E-state index in [-0.39, 0.29) is 50.5 Å². The van der Waals surface area contributed by atoms with Crippen LogP contribution in [0, 0.1) is 11.3 Å². The van der Waals surface area contributed by atoms with Crippen molar-refractivity contribution >= 4 is 22.9 Å². The molecule has 0 spiro atoms. The Bertz CT molecular complexity index is 1350. The molecule has 0 radical (unpaired) electrons. The predicted octanol–water partition coefficient (Wildman–Crippen LogP) is 5.55. The number of nitrogen functional groups attached to an aromatic ring is 2. The zero-order chi connectivity index (χ0) is 26.4. The molecule has 0 bridgehead atoms. The zero-order valence-corrected chi connectivity index (χ0v) is 21.0. The monoisotopic (exact) mass is 488 g/mol. The summed E-state index contributed by atoms with van der Waals surface area (Å²) in [7, 11) is 0. The van der Waals surface area contributed by atoms with Crippen LogP contribution in [0.15, 0.2) is 42.5 Å². The van der Waals surface area contributed by atoms with E-state index in [0.717, 1.165) is 12.8 Å². The lowest BCUT2D eigenvalue weighted by Gasteiger charge is -2.23.